The van der Waals surface area contributed by atoms with Gasteiger partial charge in [-0.15, -0.1) is 0 Å². The summed E-state index contributed by atoms with van der Waals surface area (Å²) in [4.78, 5) is 11.7. The predicted octanol–water partition coefficient (Wildman–Crippen LogP) is 2.08. The Morgan fingerprint density at radius 1 is 1.37 bits per heavy atom. The van der Waals surface area contributed by atoms with E-state index in [0.717, 1.165) is 11.1 Å². The van der Waals surface area contributed by atoms with Crippen molar-refractivity contribution in [3.05, 3.63) is 35.4 Å². The molecule has 0 heterocycles. The minimum atomic E-state index is -0.146. The van der Waals surface area contributed by atoms with Crippen LogP contribution in [0.15, 0.2) is 24.3 Å². The van der Waals surface area contributed by atoms with Crippen molar-refractivity contribution >= 4 is 5.91 Å². The molecule has 0 radical (unpaired) electrons. The van der Waals surface area contributed by atoms with Crippen molar-refractivity contribution in [3.8, 4) is 11.8 Å². The van der Waals surface area contributed by atoms with Crippen LogP contribution in [0, 0.1) is 17.3 Å². The SMILES string of the molecule is CC(C)(C)CC(=O)NCc1cccc(C#CCO)c1. The number of nitrogens with one attached hydrogen (secondary N) is 1. The summed E-state index contributed by atoms with van der Waals surface area (Å²) >= 11 is 0. The molecule has 0 aliphatic rings. The fourth-order valence-corrected chi connectivity index (χ4v) is 1.65. The van der Waals surface area contributed by atoms with Crippen LogP contribution in [0.5, 0.6) is 0 Å². The summed E-state index contributed by atoms with van der Waals surface area (Å²) in [5.74, 6) is 5.51. The molecule has 102 valence electrons. The monoisotopic (exact) mass is 259 g/mol. The van der Waals surface area contributed by atoms with E-state index < -0.39 is 0 Å². The molecule has 0 fully saturated rings. The average Bonchev–Trinajstić information content (AvgIpc) is 2.32. The zero-order chi connectivity index (χ0) is 14.3. The van der Waals surface area contributed by atoms with Crippen LogP contribution in [0.2, 0.25) is 0 Å². The van der Waals surface area contributed by atoms with Crippen molar-refractivity contribution in [2.45, 2.75) is 33.7 Å². The molecule has 2 N–H and O–H groups in total. The maximum atomic E-state index is 11.7. The van der Waals surface area contributed by atoms with Crippen molar-refractivity contribution in [3.63, 3.8) is 0 Å². The number of hydrogen-bond acceptors (Lipinski definition) is 2. The van der Waals surface area contributed by atoms with Gasteiger partial charge < -0.3 is 10.4 Å². The first-order valence-corrected chi connectivity index (χ1v) is 6.36. The zero-order valence-electron chi connectivity index (χ0n) is 11.8. The molecule has 0 spiro atoms. The van der Waals surface area contributed by atoms with Gasteiger partial charge in [-0.2, -0.15) is 0 Å². The molecule has 0 unspecified atom stereocenters. The van der Waals surface area contributed by atoms with E-state index in [0.29, 0.717) is 13.0 Å². The molecule has 0 saturated heterocycles. The second kappa shape index (κ2) is 6.96. The van der Waals surface area contributed by atoms with Crippen LogP contribution in [0.3, 0.4) is 0 Å². The second-order valence-corrected chi connectivity index (χ2v) is 5.67. The number of amides is 1. The molecule has 0 aromatic heterocycles. The Labute approximate surface area is 115 Å². The van der Waals surface area contributed by atoms with Crippen molar-refractivity contribution < 1.29 is 9.90 Å². The van der Waals surface area contributed by atoms with Gasteiger partial charge in [0.25, 0.3) is 0 Å². The van der Waals surface area contributed by atoms with E-state index in [4.69, 9.17) is 5.11 Å². The highest BCUT2D eigenvalue weighted by molar-refractivity contribution is 5.76. The summed E-state index contributed by atoms with van der Waals surface area (Å²) in [6.07, 6.45) is 0.511. The Bertz CT molecular complexity index is 489. The van der Waals surface area contributed by atoms with Gasteiger partial charge in [0.15, 0.2) is 0 Å². The van der Waals surface area contributed by atoms with Gasteiger partial charge >= 0.3 is 0 Å². The molecular weight excluding hydrogens is 238 g/mol. The summed E-state index contributed by atoms with van der Waals surface area (Å²) in [5, 5.41) is 11.6. The predicted molar refractivity (Wildman–Crippen MR) is 76.3 cm³/mol. The minimum absolute atomic E-state index is 0.00146. The van der Waals surface area contributed by atoms with Crippen molar-refractivity contribution in [2.24, 2.45) is 5.41 Å². The molecule has 0 aliphatic carbocycles. The molecule has 1 aromatic carbocycles. The Hall–Kier alpha value is -1.79. The standard InChI is InChI=1S/C16H21NO2/c1-16(2,3)11-15(19)17-12-14-7-4-6-13(10-14)8-5-9-18/h4,6-7,10,18H,9,11-12H2,1-3H3,(H,17,19). The first-order chi connectivity index (χ1) is 8.90. The molecule has 0 aliphatic heterocycles. The van der Waals surface area contributed by atoms with E-state index in [1.165, 1.54) is 0 Å². The van der Waals surface area contributed by atoms with Gasteiger partial charge in [-0.1, -0.05) is 44.7 Å². The molecule has 1 aromatic rings. The lowest BCUT2D eigenvalue weighted by molar-refractivity contribution is -0.122. The molecule has 1 amide bonds. The van der Waals surface area contributed by atoms with Crippen molar-refractivity contribution in [2.75, 3.05) is 6.61 Å². The highest BCUT2D eigenvalue weighted by atomic mass is 16.2. The Kier molecular flexibility index (Phi) is 5.59. The van der Waals surface area contributed by atoms with Crippen LogP contribution in [0.25, 0.3) is 0 Å². The summed E-state index contributed by atoms with van der Waals surface area (Å²) in [6.45, 7) is 6.48. The summed E-state index contributed by atoms with van der Waals surface area (Å²) < 4.78 is 0. The second-order valence-electron chi connectivity index (χ2n) is 5.67. The van der Waals surface area contributed by atoms with E-state index in [1.54, 1.807) is 0 Å². The van der Waals surface area contributed by atoms with Gasteiger partial charge in [-0.3, -0.25) is 4.79 Å². The first kappa shape index (κ1) is 15.3. The summed E-state index contributed by atoms with van der Waals surface area (Å²) in [6, 6.07) is 7.64. The smallest absolute Gasteiger partial charge is 0.220 e. The highest BCUT2D eigenvalue weighted by Gasteiger charge is 2.15. The molecule has 3 nitrogen and oxygen atoms in total. The molecule has 19 heavy (non-hydrogen) atoms. The zero-order valence-corrected chi connectivity index (χ0v) is 11.8. The topological polar surface area (TPSA) is 49.3 Å². The molecule has 0 atom stereocenters. The number of carbonyl (C=O) groups is 1. The van der Waals surface area contributed by atoms with Crippen LogP contribution in [0.4, 0.5) is 0 Å². The Balaban J connectivity index is 2.56. The number of rotatable bonds is 3. The van der Waals surface area contributed by atoms with Gasteiger partial charge in [-0.05, 0) is 23.1 Å². The number of aliphatic hydroxyl groups excluding tert-OH is 1. The number of hydrogen-bond donors (Lipinski definition) is 2. The van der Waals surface area contributed by atoms with E-state index >= 15 is 0 Å². The maximum absolute atomic E-state index is 11.7. The van der Waals surface area contributed by atoms with Gasteiger partial charge in [0, 0.05) is 18.5 Å². The van der Waals surface area contributed by atoms with Gasteiger partial charge in [0.2, 0.25) is 5.91 Å². The maximum Gasteiger partial charge on any atom is 0.220 e. The average molecular weight is 259 g/mol. The van der Waals surface area contributed by atoms with Gasteiger partial charge in [0.1, 0.15) is 6.61 Å². The largest absolute Gasteiger partial charge is 0.384 e. The first-order valence-electron chi connectivity index (χ1n) is 6.36. The molecule has 0 bridgehead atoms. The van der Waals surface area contributed by atoms with Crippen LogP contribution in [-0.2, 0) is 11.3 Å². The van der Waals surface area contributed by atoms with E-state index in [-0.39, 0.29) is 17.9 Å². The van der Waals surface area contributed by atoms with Crippen LogP contribution >= 0.6 is 0 Å². The third-order valence-corrected chi connectivity index (χ3v) is 2.42. The van der Waals surface area contributed by atoms with Crippen LogP contribution in [-0.4, -0.2) is 17.6 Å². The fourth-order valence-electron chi connectivity index (χ4n) is 1.65. The summed E-state index contributed by atoms with van der Waals surface area (Å²) in [5.41, 5.74) is 1.85. The molecular formula is C16H21NO2. The normalized spacial score (nSPS) is 10.5. The van der Waals surface area contributed by atoms with Crippen molar-refractivity contribution in [1.82, 2.24) is 5.32 Å². The number of aliphatic hydroxyl groups is 1. The molecule has 0 saturated carbocycles. The molecule has 1 rings (SSSR count). The number of benzene rings is 1. The lowest BCUT2D eigenvalue weighted by Crippen LogP contribution is -2.27. The van der Waals surface area contributed by atoms with E-state index in [2.05, 4.69) is 17.2 Å². The lowest BCUT2D eigenvalue weighted by atomic mass is 9.92. The Morgan fingerprint density at radius 2 is 2.11 bits per heavy atom. The highest BCUT2D eigenvalue weighted by Crippen LogP contribution is 2.17. The molecule has 3 heteroatoms. The minimum Gasteiger partial charge on any atom is -0.384 e. The third-order valence-electron chi connectivity index (χ3n) is 2.42. The van der Waals surface area contributed by atoms with Crippen LogP contribution < -0.4 is 5.32 Å². The van der Waals surface area contributed by atoms with Gasteiger partial charge in [-0.25, -0.2) is 0 Å². The van der Waals surface area contributed by atoms with Crippen LogP contribution in [0.1, 0.15) is 38.3 Å². The third kappa shape index (κ3) is 6.64. The lowest BCUT2D eigenvalue weighted by Gasteiger charge is -2.17. The van der Waals surface area contributed by atoms with E-state index in [9.17, 15) is 4.79 Å². The Morgan fingerprint density at radius 3 is 2.74 bits per heavy atom. The quantitative estimate of drug-likeness (QED) is 0.817. The van der Waals surface area contributed by atoms with Gasteiger partial charge in [0.05, 0.1) is 0 Å². The summed E-state index contributed by atoms with van der Waals surface area (Å²) in [7, 11) is 0. The fraction of sp³-hybridized carbons (Fsp3) is 0.438. The number of carbonyl (C=O) groups excluding carboxylic acids is 1. The van der Waals surface area contributed by atoms with Crippen molar-refractivity contribution in [1.29, 1.82) is 0 Å². The van der Waals surface area contributed by atoms with E-state index in [1.807, 2.05) is 45.0 Å².